The van der Waals surface area contributed by atoms with Gasteiger partial charge in [0, 0.05) is 25.9 Å². The molecule has 80 valence electrons. The lowest BCUT2D eigenvalue weighted by Gasteiger charge is -2.32. The van der Waals surface area contributed by atoms with Gasteiger partial charge in [-0.1, -0.05) is 12.1 Å². The molecule has 5 nitrogen and oxygen atoms in total. The van der Waals surface area contributed by atoms with Crippen LogP contribution in [0.3, 0.4) is 0 Å². The Kier molecular flexibility index (Phi) is 3.88. The normalized spacial score (nSPS) is 20.5. The Morgan fingerprint density at radius 2 is 2.21 bits per heavy atom. The van der Waals surface area contributed by atoms with Crippen molar-refractivity contribution >= 4 is 11.6 Å². The zero-order chi connectivity index (χ0) is 10.6. The Morgan fingerprint density at radius 3 is 2.57 bits per heavy atom. The smallest absolute Gasteiger partial charge is 0.234 e. The van der Waals surface area contributed by atoms with Crippen LogP contribution in [0.25, 0.3) is 0 Å². The third-order valence-corrected chi connectivity index (χ3v) is 2.67. The highest BCUT2D eigenvalue weighted by molar-refractivity contribution is 5.85. The minimum absolute atomic E-state index is 0.171. The van der Waals surface area contributed by atoms with Crippen molar-refractivity contribution in [3.63, 3.8) is 0 Å². The van der Waals surface area contributed by atoms with Crippen molar-refractivity contribution < 1.29 is 10.0 Å². The summed E-state index contributed by atoms with van der Waals surface area (Å²) < 4.78 is 0. The molecule has 1 aliphatic heterocycles. The highest BCUT2D eigenvalue weighted by atomic mass is 16.4. The molecular weight excluding hydrogens is 182 g/mol. The average molecular weight is 199 g/mol. The number of carbonyl (C=O) groups is 1. The van der Waals surface area contributed by atoms with Crippen LogP contribution in [0.1, 0.15) is 26.2 Å². The van der Waals surface area contributed by atoms with E-state index in [2.05, 4.69) is 10.1 Å². The summed E-state index contributed by atoms with van der Waals surface area (Å²) in [5.74, 6) is -0.267. The van der Waals surface area contributed by atoms with Gasteiger partial charge in [-0.25, -0.2) is 0 Å². The van der Waals surface area contributed by atoms with Gasteiger partial charge in [0.05, 0.1) is 11.8 Å². The van der Waals surface area contributed by atoms with Crippen molar-refractivity contribution in [1.82, 2.24) is 4.90 Å². The van der Waals surface area contributed by atoms with E-state index in [-0.39, 0.29) is 11.9 Å². The molecule has 1 fully saturated rings. The Bertz CT molecular complexity index is 230. The van der Waals surface area contributed by atoms with Crippen molar-refractivity contribution in [2.75, 3.05) is 13.1 Å². The third-order valence-electron chi connectivity index (χ3n) is 2.67. The fourth-order valence-electron chi connectivity index (χ4n) is 1.83. The van der Waals surface area contributed by atoms with Crippen molar-refractivity contribution in [3.8, 4) is 0 Å². The van der Waals surface area contributed by atoms with Gasteiger partial charge in [0.25, 0.3) is 0 Å². The number of primary amides is 1. The summed E-state index contributed by atoms with van der Waals surface area (Å²) >= 11 is 0. The van der Waals surface area contributed by atoms with Crippen LogP contribution in [0.5, 0.6) is 0 Å². The summed E-state index contributed by atoms with van der Waals surface area (Å²) in [6, 6.07) is -0.171. The lowest BCUT2D eigenvalue weighted by molar-refractivity contribution is -0.123. The van der Waals surface area contributed by atoms with E-state index in [1.807, 2.05) is 6.92 Å². The second kappa shape index (κ2) is 4.95. The lowest BCUT2D eigenvalue weighted by Crippen LogP contribution is -2.48. The molecule has 0 aromatic heterocycles. The van der Waals surface area contributed by atoms with Gasteiger partial charge in [-0.2, -0.15) is 0 Å². The topological polar surface area (TPSA) is 78.9 Å². The van der Waals surface area contributed by atoms with Crippen molar-refractivity contribution in [3.05, 3.63) is 0 Å². The highest BCUT2D eigenvalue weighted by Gasteiger charge is 2.25. The lowest BCUT2D eigenvalue weighted by atomic mass is 10.0. The quantitative estimate of drug-likeness (QED) is 0.502. The van der Waals surface area contributed by atoms with E-state index in [4.69, 9.17) is 10.9 Å². The fraction of sp³-hybridized carbons (Fsp3) is 0.778. The maximum absolute atomic E-state index is 11.1. The first-order valence-electron chi connectivity index (χ1n) is 4.92. The monoisotopic (exact) mass is 199 g/mol. The van der Waals surface area contributed by atoms with Crippen LogP contribution < -0.4 is 5.73 Å². The molecule has 0 aromatic carbocycles. The summed E-state index contributed by atoms with van der Waals surface area (Å²) in [6.45, 7) is 3.45. The van der Waals surface area contributed by atoms with Gasteiger partial charge < -0.3 is 10.9 Å². The zero-order valence-corrected chi connectivity index (χ0v) is 8.44. The molecule has 1 amide bonds. The number of hydrogen-bond donors (Lipinski definition) is 2. The Morgan fingerprint density at radius 1 is 1.64 bits per heavy atom. The van der Waals surface area contributed by atoms with Gasteiger partial charge in [-0.05, 0) is 6.42 Å². The van der Waals surface area contributed by atoms with Gasteiger partial charge in [0.15, 0.2) is 0 Å². The molecule has 1 unspecified atom stereocenters. The van der Waals surface area contributed by atoms with Crippen LogP contribution in [0.15, 0.2) is 5.16 Å². The number of nitrogens with zero attached hydrogens (tertiary/aromatic N) is 2. The summed E-state index contributed by atoms with van der Waals surface area (Å²) in [7, 11) is 0. The van der Waals surface area contributed by atoms with E-state index < -0.39 is 0 Å². The number of likely N-dealkylation sites (tertiary alicyclic amines) is 1. The van der Waals surface area contributed by atoms with Crippen molar-refractivity contribution in [2.24, 2.45) is 10.9 Å². The molecule has 0 saturated carbocycles. The fourth-order valence-corrected chi connectivity index (χ4v) is 1.83. The second-order valence-electron chi connectivity index (χ2n) is 3.53. The Hall–Kier alpha value is -1.10. The van der Waals surface area contributed by atoms with Gasteiger partial charge in [0.1, 0.15) is 0 Å². The first kappa shape index (κ1) is 11.0. The van der Waals surface area contributed by atoms with E-state index >= 15 is 0 Å². The average Bonchev–Trinajstić information content (AvgIpc) is 2.19. The van der Waals surface area contributed by atoms with E-state index in [9.17, 15) is 4.79 Å². The van der Waals surface area contributed by atoms with Gasteiger partial charge in [-0.3, -0.25) is 9.69 Å². The third kappa shape index (κ3) is 2.45. The summed E-state index contributed by atoms with van der Waals surface area (Å²) in [5.41, 5.74) is 6.09. The zero-order valence-electron chi connectivity index (χ0n) is 8.44. The van der Waals surface area contributed by atoms with Crippen LogP contribution in [0.4, 0.5) is 0 Å². The number of amides is 1. The van der Waals surface area contributed by atoms with Gasteiger partial charge >= 0.3 is 0 Å². The summed E-state index contributed by atoms with van der Waals surface area (Å²) in [6.07, 6.45) is 2.18. The molecule has 0 aliphatic carbocycles. The van der Waals surface area contributed by atoms with Gasteiger partial charge in [0.2, 0.25) is 5.91 Å². The molecule has 3 N–H and O–H groups in total. The Balaban J connectivity index is 2.51. The molecule has 1 atom stereocenters. The van der Waals surface area contributed by atoms with Crippen LogP contribution >= 0.6 is 0 Å². The maximum atomic E-state index is 11.1. The summed E-state index contributed by atoms with van der Waals surface area (Å²) in [4.78, 5) is 13.1. The number of nitrogens with two attached hydrogens (primary N) is 1. The SMILES string of the molecule is CCC(C(N)=O)N1CCC(=NO)CC1. The predicted octanol–water partition coefficient (Wildman–Crippen LogP) is 0.176. The van der Waals surface area contributed by atoms with Crippen LogP contribution in [-0.2, 0) is 4.79 Å². The minimum Gasteiger partial charge on any atom is -0.411 e. The van der Waals surface area contributed by atoms with E-state index in [1.165, 1.54) is 0 Å². The highest BCUT2D eigenvalue weighted by Crippen LogP contribution is 2.12. The molecule has 1 rings (SSSR count). The minimum atomic E-state index is -0.267. The Labute approximate surface area is 83.6 Å². The second-order valence-corrected chi connectivity index (χ2v) is 3.53. The van der Waals surface area contributed by atoms with Crippen LogP contribution in [-0.4, -0.2) is 40.9 Å². The number of hydrogen-bond acceptors (Lipinski definition) is 4. The summed E-state index contributed by atoms with van der Waals surface area (Å²) in [5, 5.41) is 11.7. The van der Waals surface area contributed by atoms with Crippen LogP contribution in [0, 0.1) is 0 Å². The number of rotatable bonds is 3. The molecular formula is C9H17N3O2. The molecule has 0 aromatic rings. The van der Waals surface area contributed by atoms with E-state index in [0.717, 1.165) is 38.1 Å². The molecule has 5 heteroatoms. The molecule has 1 aliphatic rings. The van der Waals surface area contributed by atoms with E-state index in [0.29, 0.717) is 0 Å². The maximum Gasteiger partial charge on any atom is 0.234 e. The first-order chi connectivity index (χ1) is 6.69. The molecule has 1 heterocycles. The molecule has 0 spiro atoms. The van der Waals surface area contributed by atoms with Crippen LogP contribution in [0.2, 0.25) is 0 Å². The standard InChI is InChI=1S/C9H17N3O2/c1-2-8(9(10)13)12-5-3-7(11-14)4-6-12/h8,14H,2-6H2,1H3,(H2,10,13). The molecule has 14 heavy (non-hydrogen) atoms. The van der Waals surface area contributed by atoms with E-state index in [1.54, 1.807) is 0 Å². The number of oxime groups is 1. The molecule has 1 saturated heterocycles. The predicted molar refractivity (Wildman–Crippen MR) is 53.3 cm³/mol. The van der Waals surface area contributed by atoms with Crippen molar-refractivity contribution in [1.29, 1.82) is 0 Å². The first-order valence-corrected chi connectivity index (χ1v) is 4.92. The number of carbonyl (C=O) groups excluding carboxylic acids is 1. The largest absolute Gasteiger partial charge is 0.411 e. The molecule has 0 bridgehead atoms. The van der Waals surface area contributed by atoms with Gasteiger partial charge in [-0.15, -0.1) is 0 Å². The number of piperidine rings is 1. The van der Waals surface area contributed by atoms with Crippen molar-refractivity contribution in [2.45, 2.75) is 32.2 Å². The molecule has 0 radical (unpaired) electrons.